The topological polar surface area (TPSA) is 48.2 Å². The van der Waals surface area contributed by atoms with Crippen molar-refractivity contribution in [3.8, 4) is 28.6 Å². The molecule has 0 saturated carbocycles. The van der Waals surface area contributed by atoms with E-state index in [1.807, 2.05) is 84.9 Å². The zero-order valence-electron chi connectivity index (χ0n) is 13.5. The molecule has 0 aliphatic heterocycles. The minimum absolute atomic E-state index is 0.506. The molecule has 4 rings (SSSR count). The number of aromatic nitrogens is 2. The highest BCUT2D eigenvalue weighted by Gasteiger charge is 2.11. The number of rotatable bonds is 5. The molecular formula is C21H16N2O2. The predicted molar refractivity (Wildman–Crippen MR) is 95.9 cm³/mol. The van der Waals surface area contributed by atoms with Crippen molar-refractivity contribution >= 4 is 0 Å². The van der Waals surface area contributed by atoms with E-state index in [2.05, 4.69) is 10.1 Å². The molecule has 25 heavy (non-hydrogen) atoms. The summed E-state index contributed by atoms with van der Waals surface area (Å²) in [7, 11) is 0. The third-order valence-corrected chi connectivity index (χ3v) is 3.79. The first-order valence-corrected chi connectivity index (χ1v) is 8.05. The molecule has 3 aromatic carbocycles. The third kappa shape index (κ3) is 3.58. The van der Waals surface area contributed by atoms with Crippen LogP contribution in [0.1, 0.15) is 5.56 Å². The van der Waals surface area contributed by atoms with E-state index in [1.54, 1.807) is 0 Å². The van der Waals surface area contributed by atoms with Crippen LogP contribution in [0.15, 0.2) is 89.5 Å². The van der Waals surface area contributed by atoms with Crippen LogP contribution in [0, 0.1) is 0 Å². The van der Waals surface area contributed by atoms with Gasteiger partial charge in [0, 0.05) is 11.1 Å². The van der Waals surface area contributed by atoms with Crippen molar-refractivity contribution in [2.75, 3.05) is 0 Å². The molecule has 0 amide bonds. The van der Waals surface area contributed by atoms with E-state index >= 15 is 0 Å². The van der Waals surface area contributed by atoms with Gasteiger partial charge in [0.25, 0.3) is 5.89 Å². The summed E-state index contributed by atoms with van der Waals surface area (Å²) < 4.78 is 11.2. The summed E-state index contributed by atoms with van der Waals surface area (Å²) in [4.78, 5) is 4.48. The second-order valence-corrected chi connectivity index (χ2v) is 5.59. The van der Waals surface area contributed by atoms with Gasteiger partial charge >= 0.3 is 0 Å². The van der Waals surface area contributed by atoms with E-state index in [0.29, 0.717) is 18.3 Å². The van der Waals surface area contributed by atoms with E-state index in [9.17, 15) is 0 Å². The lowest BCUT2D eigenvalue weighted by molar-refractivity contribution is 0.306. The summed E-state index contributed by atoms with van der Waals surface area (Å²) in [6, 6.07) is 27.5. The molecule has 4 heteroatoms. The summed E-state index contributed by atoms with van der Waals surface area (Å²) in [5.41, 5.74) is 2.88. The van der Waals surface area contributed by atoms with Crippen LogP contribution < -0.4 is 4.74 Å². The fourth-order valence-corrected chi connectivity index (χ4v) is 2.50. The molecule has 0 radical (unpaired) electrons. The molecule has 0 aliphatic rings. The molecule has 122 valence electrons. The quantitative estimate of drug-likeness (QED) is 0.518. The van der Waals surface area contributed by atoms with Crippen LogP contribution in [0.5, 0.6) is 5.75 Å². The number of benzene rings is 3. The average molecular weight is 328 g/mol. The Morgan fingerprint density at radius 2 is 1.48 bits per heavy atom. The van der Waals surface area contributed by atoms with Gasteiger partial charge in [-0.2, -0.15) is 4.98 Å². The summed E-state index contributed by atoms with van der Waals surface area (Å²) in [5.74, 6) is 1.82. The highest BCUT2D eigenvalue weighted by atomic mass is 16.5. The van der Waals surface area contributed by atoms with Crippen LogP contribution in [-0.2, 0) is 6.61 Å². The first-order chi connectivity index (χ1) is 12.4. The zero-order valence-corrected chi connectivity index (χ0v) is 13.5. The molecule has 4 aromatic rings. The maximum atomic E-state index is 5.86. The third-order valence-electron chi connectivity index (χ3n) is 3.79. The van der Waals surface area contributed by atoms with Crippen LogP contribution in [0.2, 0.25) is 0 Å². The lowest BCUT2D eigenvalue weighted by Crippen LogP contribution is -1.95. The molecule has 0 spiro atoms. The number of hydrogen-bond donors (Lipinski definition) is 0. The van der Waals surface area contributed by atoms with E-state index < -0.39 is 0 Å². The Morgan fingerprint density at radius 1 is 0.760 bits per heavy atom. The largest absolute Gasteiger partial charge is 0.489 e. The normalized spacial score (nSPS) is 10.6. The minimum atomic E-state index is 0.506. The van der Waals surface area contributed by atoms with Gasteiger partial charge in [-0.1, -0.05) is 65.8 Å². The van der Waals surface area contributed by atoms with Crippen molar-refractivity contribution in [1.82, 2.24) is 10.1 Å². The van der Waals surface area contributed by atoms with E-state index in [0.717, 1.165) is 22.4 Å². The second-order valence-electron chi connectivity index (χ2n) is 5.59. The highest BCUT2D eigenvalue weighted by Crippen LogP contribution is 2.25. The van der Waals surface area contributed by atoms with Crippen molar-refractivity contribution in [3.05, 3.63) is 90.5 Å². The van der Waals surface area contributed by atoms with Crippen LogP contribution in [-0.4, -0.2) is 10.1 Å². The maximum Gasteiger partial charge on any atom is 0.258 e. The lowest BCUT2D eigenvalue weighted by atomic mass is 10.2. The van der Waals surface area contributed by atoms with Gasteiger partial charge in [-0.25, -0.2) is 0 Å². The molecular weight excluding hydrogens is 312 g/mol. The SMILES string of the molecule is c1ccc(COc2cccc(-c3noc(-c4ccccc4)n3)c2)cc1. The van der Waals surface area contributed by atoms with Crippen LogP contribution in [0.4, 0.5) is 0 Å². The van der Waals surface area contributed by atoms with Crippen molar-refractivity contribution in [3.63, 3.8) is 0 Å². The standard InChI is InChI=1S/C21H16N2O2/c1-3-8-16(9-4-1)15-24-19-13-7-12-18(14-19)20-22-21(25-23-20)17-10-5-2-6-11-17/h1-14H,15H2. The molecule has 1 aromatic heterocycles. The Morgan fingerprint density at radius 3 is 2.28 bits per heavy atom. The van der Waals surface area contributed by atoms with Crippen LogP contribution in [0.3, 0.4) is 0 Å². The van der Waals surface area contributed by atoms with Gasteiger partial charge in [0.15, 0.2) is 0 Å². The minimum Gasteiger partial charge on any atom is -0.489 e. The summed E-state index contributed by atoms with van der Waals surface area (Å²) in [6.45, 7) is 0.520. The molecule has 0 atom stereocenters. The van der Waals surface area contributed by atoms with Crippen molar-refractivity contribution < 1.29 is 9.26 Å². The molecule has 0 unspecified atom stereocenters. The average Bonchev–Trinajstić information content (AvgIpc) is 3.18. The highest BCUT2D eigenvalue weighted by molar-refractivity contribution is 5.61. The van der Waals surface area contributed by atoms with Crippen LogP contribution >= 0.6 is 0 Å². The molecule has 4 nitrogen and oxygen atoms in total. The molecule has 0 fully saturated rings. The van der Waals surface area contributed by atoms with Gasteiger partial charge in [-0.05, 0) is 29.8 Å². The van der Waals surface area contributed by atoms with Crippen LogP contribution in [0.25, 0.3) is 22.8 Å². The smallest absolute Gasteiger partial charge is 0.258 e. The molecule has 1 heterocycles. The zero-order chi connectivity index (χ0) is 16.9. The van der Waals surface area contributed by atoms with Crippen molar-refractivity contribution in [2.24, 2.45) is 0 Å². The monoisotopic (exact) mass is 328 g/mol. The Balaban J connectivity index is 1.52. The van der Waals surface area contributed by atoms with Gasteiger partial charge in [0.2, 0.25) is 5.82 Å². The van der Waals surface area contributed by atoms with Gasteiger partial charge in [-0.15, -0.1) is 0 Å². The molecule has 0 saturated heterocycles. The van der Waals surface area contributed by atoms with Gasteiger partial charge < -0.3 is 9.26 Å². The first kappa shape index (κ1) is 15.1. The number of hydrogen-bond acceptors (Lipinski definition) is 4. The number of nitrogens with zero attached hydrogens (tertiary/aromatic N) is 2. The molecule has 0 aliphatic carbocycles. The Labute approximate surface area is 145 Å². The van der Waals surface area contributed by atoms with E-state index in [1.165, 1.54) is 0 Å². The lowest BCUT2D eigenvalue weighted by Gasteiger charge is -2.06. The van der Waals surface area contributed by atoms with E-state index in [-0.39, 0.29) is 0 Å². The van der Waals surface area contributed by atoms with Gasteiger partial charge in [-0.3, -0.25) is 0 Å². The maximum absolute atomic E-state index is 5.86. The fraction of sp³-hybridized carbons (Fsp3) is 0.0476. The summed E-state index contributed by atoms with van der Waals surface area (Å²) in [6.07, 6.45) is 0. The second kappa shape index (κ2) is 7.01. The Bertz CT molecular complexity index is 950. The Hall–Kier alpha value is -3.40. The fourth-order valence-electron chi connectivity index (χ4n) is 2.50. The van der Waals surface area contributed by atoms with E-state index in [4.69, 9.17) is 9.26 Å². The van der Waals surface area contributed by atoms with Crippen molar-refractivity contribution in [1.29, 1.82) is 0 Å². The van der Waals surface area contributed by atoms with Crippen molar-refractivity contribution in [2.45, 2.75) is 6.61 Å². The first-order valence-electron chi connectivity index (χ1n) is 8.05. The summed E-state index contributed by atoms with van der Waals surface area (Å²) in [5, 5.41) is 4.08. The molecule has 0 N–H and O–H groups in total. The van der Waals surface area contributed by atoms with Gasteiger partial charge in [0.1, 0.15) is 12.4 Å². The summed E-state index contributed by atoms with van der Waals surface area (Å²) >= 11 is 0. The predicted octanol–water partition coefficient (Wildman–Crippen LogP) is 4.98. The van der Waals surface area contributed by atoms with Gasteiger partial charge in [0.05, 0.1) is 0 Å². The molecule has 0 bridgehead atoms. The number of ether oxygens (including phenoxy) is 1. The Kier molecular flexibility index (Phi) is 4.25.